The van der Waals surface area contributed by atoms with Crippen molar-refractivity contribution < 1.29 is 19.5 Å². The molecule has 0 spiro atoms. The highest BCUT2D eigenvalue weighted by Crippen LogP contribution is 2.36. The molecule has 2 heterocycles. The van der Waals surface area contributed by atoms with Crippen LogP contribution in [-0.4, -0.2) is 35.3 Å². The third kappa shape index (κ3) is 4.97. The minimum Gasteiger partial charge on any atom is -0.376 e. The van der Waals surface area contributed by atoms with Crippen molar-refractivity contribution in [2.45, 2.75) is 75.9 Å². The molecule has 6 heteroatoms. The average molecular weight is 298 g/mol. The smallest absolute Gasteiger partial charge is 0.243 e. The topological polar surface area (TPSA) is 87.7 Å². The van der Waals surface area contributed by atoms with E-state index >= 15 is 0 Å². The second-order valence-corrected chi connectivity index (χ2v) is 6.29. The van der Waals surface area contributed by atoms with Crippen molar-refractivity contribution in [1.82, 2.24) is 10.8 Å². The summed E-state index contributed by atoms with van der Waals surface area (Å²) in [5, 5.41) is 11.5. The van der Waals surface area contributed by atoms with E-state index in [9.17, 15) is 9.59 Å². The van der Waals surface area contributed by atoms with E-state index in [0.717, 1.165) is 51.4 Å². The molecule has 2 aliphatic heterocycles. The Kier molecular flexibility index (Phi) is 5.99. The summed E-state index contributed by atoms with van der Waals surface area (Å²) in [5.74, 6) is -0.230. The first-order valence-corrected chi connectivity index (χ1v) is 7.99. The average Bonchev–Trinajstić information content (AvgIpc) is 2.51. The van der Waals surface area contributed by atoms with Crippen molar-refractivity contribution >= 4 is 11.8 Å². The van der Waals surface area contributed by atoms with Gasteiger partial charge in [-0.1, -0.05) is 12.8 Å². The molecule has 2 bridgehead atoms. The van der Waals surface area contributed by atoms with E-state index in [1.165, 1.54) is 0 Å². The van der Waals surface area contributed by atoms with Crippen LogP contribution < -0.4 is 10.8 Å². The lowest BCUT2D eigenvalue weighted by Crippen LogP contribution is -2.58. The SMILES string of the molecule is O=C(CCCCCCC(=O)NC12CCC(CC1)OC2)NO. The summed E-state index contributed by atoms with van der Waals surface area (Å²) in [6.07, 6.45) is 8.91. The molecule has 3 fully saturated rings. The number of rotatable bonds is 8. The highest BCUT2D eigenvalue weighted by molar-refractivity contribution is 5.76. The Morgan fingerprint density at radius 2 is 1.67 bits per heavy atom. The number of carbonyl (C=O) groups is 2. The number of hydroxylamine groups is 1. The van der Waals surface area contributed by atoms with Gasteiger partial charge in [-0.05, 0) is 38.5 Å². The van der Waals surface area contributed by atoms with Crippen LogP contribution in [0.15, 0.2) is 0 Å². The Morgan fingerprint density at radius 3 is 2.19 bits per heavy atom. The third-order valence-corrected chi connectivity index (χ3v) is 4.57. The fourth-order valence-corrected chi connectivity index (χ4v) is 3.23. The van der Waals surface area contributed by atoms with Crippen LogP contribution in [0.2, 0.25) is 0 Å². The first-order valence-electron chi connectivity index (χ1n) is 7.99. The molecular formula is C15H26N2O4. The molecule has 3 N–H and O–H groups in total. The van der Waals surface area contributed by atoms with Crippen molar-refractivity contribution in [3.05, 3.63) is 0 Å². The maximum atomic E-state index is 12.0. The monoisotopic (exact) mass is 298 g/mol. The van der Waals surface area contributed by atoms with Crippen LogP contribution in [0.1, 0.15) is 64.2 Å². The largest absolute Gasteiger partial charge is 0.376 e. The van der Waals surface area contributed by atoms with E-state index in [1.54, 1.807) is 5.48 Å². The predicted molar refractivity (Wildman–Crippen MR) is 76.7 cm³/mol. The fraction of sp³-hybridized carbons (Fsp3) is 0.867. The minimum atomic E-state index is -0.347. The number of hydrogen-bond acceptors (Lipinski definition) is 4. The summed E-state index contributed by atoms with van der Waals surface area (Å²) in [5.41, 5.74) is 1.51. The lowest BCUT2D eigenvalue weighted by Gasteiger charge is -2.46. The summed E-state index contributed by atoms with van der Waals surface area (Å²) >= 11 is 0. The number of hydrogen-bond donors (Lipinski definition) is 3. The molecule has 0 radical (unpaired) electrons. The van der Waals surface area contributed by atoms with Crippen LogP contribution in [0, 0.1) is 0 Å². The second-order valence-electron chi connectivity index (χ2n) is 6.29. The van der Waals surface area contributed by atoms with Crippen molar-refractivity contribution in [3.8, 4) is 0 Å². The number of nitrogens with one attached hydrogen (secondary N) is 2. The summed E-state index contributed by atoms with van der Waals surface area (Å²) in [6.45, 7) is 0.666. The lowest BCUT2D eigenvalue weighted by molar-refractivity contribution is -0.132. The molecule has 0 aromatic carbocycles. The summed E-state index contributed by atoms with van der Waals surface area (Å²) in [7, 11) is 0. The molecule has 0 aromatic rings. The van der Waals surface area contributed by atoms with Crippen LogP contribution in [0.5, 0.6) is 0 Å². The van der Waals surface area contributed by atoms with Gasteiger partial charge in [0.15, 0.2) is 0 Å². The number of ether oxygens (including phenoxy) is 1. The quantitative estimate of drug-likeness (QED) is 0.361. The molecule has 2 amide bonds. The van der Waals surface area contributed by atoms with Crippen LogP contribution in [-0.2, 0) is 14.3 Å². The molecule has 2 saturated heterocycles. The minimum absolute atomic E-state index is 0.106. The van der Waals surface area contributed by atoms with Crippen molar-refractivity contribution in [3.63, 3.8) is 0 Å². The zero-order valence-corrected chi connectivity index (χ0v) is 12.5. The maximum absolute atomic E-state index is 12.0. The van der Waals surface area contributed by atoms with Gasteiger partial charge < -0.3 is 10.1 Å². The van der Waals surface area contributed by atoms with Crippen LogP contribution in [0.25, 0.3) is 0 Å². The van der Waals surface area contributed by atoms with Gasteiger partial charge in [-0.25, -0.2) is 5.48 Å². The van der Waals surface area contributed by atoms with Gasteiger partial charge in [0.2, 0.25) is 11.8 Å². The van der Waals surface area contributed by atoms with Gasteiger partial charge in [0, 0.05) is 12.8 Å². The molecule has 0 atom stereocenters. The van der Waals surface area contributed by atoms with Gasteiger partial charge in [0.1, 0.15) is 0 Å². The summed E-state index contributed by atoms with van der Waals surface area (Å²) in [6, 6.07) is 0. The van der Waals surface area contributed by atoms with Gasteiger partial charge in [-0.3, -0.25) is 14.8 Å². The number of amides is 2. The molecule has 1 aliphatic carbocycles. The van der Waals surface area contributed by atoms with Gasteiger partial charge in [0.05, 0.1) is 18.2 Å². The zero-order chi connectivity index (χ0) is 15.1. The highest BCUT2D eigenvalue weighted by Gasteiger charge is 2.42. The molecule has 0 aromatic heterocycles. The Bertz CT molecular complexity index is 351. The fourth-order valence-electron chi connectivity index (χ4n) is 3.23. The maximum Gasteiger partial charge on any atom is 0.243 e. The summed E-state index contributed by atoms with van der Waals surface area (Å²) < 4.78 is 5.70. The van der Waals surface area contributed by atoms with E-state index in [2.05, 4.69) is 5.32 Å². The van der Waals surface area contributed by atoms with Gasteiger partial charge >= 0.3 is 0 Å². The van der Waals surface area contributed by atoms with Gasteiger partial charge in [-0.15, -0.1) is 0 Å². The van der Waals surface area contributed by atoms with Crippen LogP contribution >= 0.6 is 0 Å². The number of carbonyl (C=O) groups excluding carboxylic acids is 2. The Balaban J connectivity index is 1.54. The van der Waals surface area contributed by atoms with E-state index in [-0.39, 0.29) is 17.4 Å². The Morgan fingerprint density at radius 1 is 1.05 bits per heavy atom. The Hall–Kier alpha value is -1.14. The molecule has 3 rings (SSSR count). The van der Waals surface area contributed by atoms with E-state index < -0.39 is 0 Å². The van der Waals surface area contributed by atoms with E-state index in [0.29, 0.717) is 25.6 Å². The Labute approximate surface area is 125 Å². The molecule has 3 aliphatic rings. The van der Waals surface area contributed by atoms with Gasteiger partial charge in [0.25, 0.3) is 0 Å². The second kappa shape index (κ2) is 7.75. The molecule has 120 valence electrons. The first-order chi connectivity index (χ1) is 10.1. The lowest BCUT2D eigenvalue weighted by atomic mass is 9.78. The molecular weight excluding hydrogens is 272 g/mol. The predicted octanol–water partition coefficient (Wildman–Crippen LogP) is 1.66. The van der Waals surface area contributed by atoms with Crippen molar-refractivity contribution in [1.29, 1.82) is 0 Å². The number of fused-ring (bicyclic) bond motifs is 3. The third-order valence-electron chi connectivity index (χ3n) is 4.57. The molecule has 21 heavy (non-hydrogen) atoms. The van der Waals surface area contributed by atoms with Crippen LogP contribution in [0.3, 0.4) is 0 Å². The van der Waals surface area contributed by atoms with Gasteiger partial charge in [-0.2, -0.15) is 0 Å². The van der Waals surface area contributed by atoms with E-state index in [1.807, 2.05) is 0 Å². The molecule has 1 saturated carbocycles. The van der Waals surface area contributed by atoms with Crippen molar-refractivity contribution in [2.75, 3.05) is 6.61 Å². The summed E-state index contributed by atoms with van der Waals surface area (Å²) in [4.78, 5) is 22.8. The number of unbranched alkanes of at least 4 members (excludes halogenated alkanes) is 3. The normalized spacial score (nSPS) is 27.4. The van der Waals surface area contributed by atoms with Crippen LogP contribution in [0.4, 0.5) is 0 Å². The van der Waals surface area contributed by atoms with Crippen molar-refractivity contribution in [2.24, 2.45) is 0 Å². The first kappa shape index (κ1) is 16.2. The van der Waals surface area contributed by atoms with E-state index in [4.69, 9.17) is 9.94 Å². The zero-order valence-electron chi connectivity index (χ0n) is 12.5. The molecule has 0 unspecified atom stereocenters. The standard InChI is InChI=1S/C15H26N2O4/c18-13(5-3-1-2-4-6-14(19)17-20)16-15-9-7-12(8-10-15)21-11-15/h12,20H,1-11H2,(H,16,18)(H,17,19). The highest BCUT2D eigenvalue weighted by atomic mass is 16.5. The molecule has 6 nitrogen and oxygen atoms in total.